The summed E-state index contributed by atoms with van der Waals surface area (Å²) in [7, 11) is 0. The fourth-order valence-corrected chi connectivity index (χ4v) is 7.10. The Hall–Kier alpha value is -0.850. The molecular formula is C27H41F. The summed E-state index contributed by atoms with van der Waals surface area (Å²) in [6.07, 6.45) is 20.4. The highest BCUT2D eigenvalue weighted by Crippen LogP contribution is 2.47. The van der Waals surface area contributed by atoms with E-state index in [9.17, 15) is 4.39 Å². The van der Waals surface area contributed by atoms with Gasteiger partial charge in [0.1, 0.15) is 5.82 Å². The third kappa shape index (κ3) is 5.00. The minimum atomic E-state index is -0.104. The molecule has 28 heavy (non-hydrogen) atoms. The van der Waals surface area contributed by atoms with Gasteiger partial charge in [-0.05, 0) is 117 Å². The Morgan fingerprint density at radius 2 is 1.07 bits per heavy atom. The summed E-state index contributed by atoms with van der Waals surface area (Å²) < 4.78 is 13.2. The lowest BCUT2D eigenvalue weighted by Gasteiger charge is -2.41. The third-order valence-electron chi connectivity index (χ3n) is 8.85. The molecule has 0 saturated heterocycles. The predicted octanol–water partition coefficient (Wildman–Crippen LogP) is 8.51. The summed E-state index contributed by atoms with van der Waals surface area (Å²) in [6, 6.07) is 7.30. The molecule has 1 heteroatoms. The van der Waals surface area contributed by atoms with E-state index in [0.717, 1.165) is 29.6 Å². The first-order valence-corrected chi connectivity index (χ1v) is 12.5. The van der Waals surface area contributed by atoms with Gasteiger partial charge in [-0.15, -0.1) is 0 Å². The number of benzene rings is 1. The highest BCUT2D eigenvalue weighted by Gasteiger charge is 2.34. The van der Waals surface area contributed by atoms with Gasteiger partial charge in [0.2, 0.25) is 0 Å². The maximum atomic E-state index is 13.2. The van der Waals surface area contributed by atoms with Crippen LogP contribution in [0.2, 0.25) is 0 Å². The van der Waals surface area contributed by atoms with E-state index in [1.165, 1.54) is 95.5 Å². The molecule has 1 aromatic rings. The minimum absolute atomic E-state index is 0.104. The van der Waals surface area contributed by atoms with Crippen molar-refractivity contribution < 1.29 is 4.39 Å². The van der Waals surface area contributed by atoms with Crippen LogP contribution in [0.25, 0.3) is 0 Å². The highest BCUT2D eigenvalue weighted by atomic mass is 19.1. The lowest BCUT2D eigenvalue weighted by atomic mass is 9.64. The van der Waals surface area contributed by atoms with Crippen LogP contribution < -0.4 is 0 Å². The summed E-state index contributed by atoms with van der Waals surface area (Å²) in [5.41, 5.74) is 1.36. The molecule has 3 saturated carbocycles. The monoisotopic (exact) mass is 384 g/mol. The number of rotatable bonds is 5. The van der Waals surface area contributed by atoms with E-state index in [1.54, 1.807) is 12.1 Å². The van der Waals surface area contributed by atoms with E-state index < -0.39 is 0 Å². The summed E-state index contributed by atoms with van der Waals surface area (Å²) in [5, 5.41) is 0. The Labute approximate surface area is 172 Å². The molecule has 3 aliphatic carbocycles. The molecule has 156 valence electrons. The van der Waals surface area contributed by atoms with Crippen molar-refractivity contribution >= 4 is 0 Å². The van der Waals surface area contributed by atoms with E-state index in [4.69, 9.17) is 0 Å². The van der Waals surface area contributed by atoms with E-state index in [0.29, 0.717) is 5.92 Å². The van der Waals surface area contributed by atoms with Crippen molar-refractivity contribution in [3.63, 3.8) is 0 Å². The summed E-state index contributed by atoms with van der Waals surface area (Å²) in [5.74, 6) is 5.70. The van der Waals surface area contributed by atoms with Crippen molar-refractivity contribution in [3.05, 3.63) is 35.6 Å². The Kier molecular flexibility index (Phi) is 7.13. The van der Waals surface area contributed by atoms with Crippen molar-refractivity contribution in [2.45, 2.75) is 103 Å². The normalized spacial score (nSPS) is 36.9. The molecule has 0 bridgehead atoms. The minimum Gasteiger partial charge on any atom is -0.207 e. The van der Waals surface area contributed by atoms with E-state index >= 15 is 0 Å². The molecule has 0 N–H and O–H groups in total. The Morgan fingerprint density at radius 1 is 0.643 bits per heavy atom. The topological polar surface area (TPSA) is 0 Å². The molecule has 0 radical (unpaired) electrons. The molecule has 0 aliphatic heterocycles. The first-order chi connectivity index (χ1) is 13.7. The van der Waals surface area contributed by atoms with Crippen LogP contribution in [0.1, 0.15) is 108 Å². The summed E-state index contributed by atoms with van der Waals surface area (Å²) >= 11 is 0. The fraction of sp³-hybridized carbons (Fsp3) is 0.778. The van der Waals surface area contributed by atoms with Crippen LogP contribution in [0.5, 0.6) is 0 Å². The van der Waals surface area contributed by atoms with Gasteiger partial charge >= 0.3 is 0 Å². The third-order valence-corrected chi connectivity index (χ3v) is 8.85. The van der Waals surface area contributed by atoms with Crippen LogP contribution >= 0.6 is 0 Å². The van der Waals surface area contributed by atoms with E-state index in [2.05, 4.69) is 6.92 Å². The van der Waals surface area contributed by atoms with Gasteiger partial charge in [0.25, 0.3) is 0 Å². The van der Waals surface area contributed by atoms with Gasteiger partial charge < -0.3 is 0 Å². The van der Waals surface area contributed by atoms with Crippen LogP contribution in [0.15, 0.2) is 24.3 Å². The quantitative estimate of drug-likeness (QED) is 0.477. The Balaban J connectivity index is 1.19. The van der Waals surface area contributed by atoms with Gasteiger partial charge in [-0.1, -0.05) is 44.7 Å². The van der Waals surface area contributed by atoms with Gasteiger partial charge in [0.05, 0.1) is 0 Å². The molecule has 0 heterocycles. The van der Waals surface area contributed by atoms with Gasteiger partial charge in [0.15, 0.2) is 0 Å². The SMILES string of the molecule is CCC[C@H]1CC[C@H]([C@H]2CC[C@H](C3CCC(c4ccc(F)cc4)CC3)CC2)CC1. The maximum absolute atomic E-state index is 13.2. The lowest BCUT2D eigenvalue weighted by Crippen LogP contribution is -2.29. The second-order valence-electron chi connectivity index (χ2n) is 10.4. The average Bonchev–Trinajstić information content (AvgIpc) is 2.75. The zero-order valence-corrected chi connectivity index (χ0v) is 18.1. The molecule has 3 fully saturated rings. The molecule has 4 rings (SSSR count). The highest BCUT2D eigenvalue weighted by molar-refractivity contribution is 5.21. The van der Waals surface area contributed by atoms with Crippen LogP contribution in [0, 0.1) is 35.4 Å². The maximum Gasteiger partial charge on any atom is 0.123 e. The Bertz CT molecular complexity index is 567. The first kappa shape index (κ1) is 20.4. The average molecular weight is 385 g/mol. The Morgan fingerprint density at radius 3 is 1.54 bits per heavy atom. The van der Waals surface area contributed by atoms with Crippen LogP contribution in [-0.4, -0.2) is 0 Å². The second kappa shape index (κ2) is 9.77. The number of hydrogen-bond acceptors (Lipinski definition) is 0. The van der Waals surface area contributed by atoms with Crippen molar-refractivity contribution in [2.24, 2.45) is 29.6 Å². The van der Waals surface area contributed by atoms with Gasteiger partial charge in [-0.3, -0.25) is 0 Å². The van der Waals surface area contributed by atoms with Crippen molar-refractivity contribution in [3.8, 4) is 0 Å². The molecule has 3 aliphatic rings. The fourth-order valence-electron chi connectivity index (χ4n) is 7.10. The molecule has 0 amide bonds. The molecular weight excluding hydrogens is 343 g/mol. The van der Waals surface area contributed by atoms with Crippen LogP contribution in [0.3, 0.4) is 0 Å². The van der Waals surface area contributed by atoms with Gasteiger partial charge in [-0.25, -0.2) is 4.39 Å². The van der Waals surface area contributed by atoms with E-state index in [1.807, 2.05) is 12.1 Å². The second-order valence-corrected chi connectivity index (χ2v) is 10.4. The first-order valence-electron chi connectivity index (χ1n) is 12.5. The van der Waals surface area contributed by atoms with Crippen molar-refractivity contribution in [1.29, 1.82) is 0 Å². The number of halogens is 1. The lowest BCUT2D eigenvalue weighted by molar-refractivity contribution is 0.109. The summed E-state index contributed by atoms with van der Waals surface area (Å²) in [6.45, 7) is 2.35. The number of hydrogen-bond donors (Lipinski definition) is 0. The van der Waals surface area contributed by atoms with Gasteiger partial charge in [-0.2, -0.15) is 0 Å². The largest absolute Gasteiger partial charge is 0.207 e. The molecule has 0 spiro atoms. The molecule has 0 nitrogen and oxygen atoms in total. The standard InChI is InChI=1S/C27H41F/c1-2-3-20-4-6-21(7-5-20)22-8-10-23(11-9-22)24-12-14-25(15-13-24)26-16-18-27(28)19-17-26/h16-25H,2-15H2,1H3/t20-,21-,22-,23-,24?,25?. The smallest absolute Gasteiger partial charge is 0.123 e. The molecule has 0 atom stereocenters. The van der Waals surface area contributed by atoms with Crippen molar-refractivity contribution in [2.75, 3.05) is 0 Å². The summed E-state index contributed by atoms with van der Waals surface area (Å²) in [4.78, 5) is 0. The van der Waals surface area contributed by atoms with Crippen LogP contribution in [0.4, 0.5) is 4.39 Å². The zero-order chi connectivity index (χ0) is 19.3. The zero-order valence-electron chi connectivity index (χ0n) is 18.1. The molecule has 1 aromatic carbocycles. The predicted molar refractivity (Wildman–Crippen MR) is 117 cm³/mol. The van der Waals surface area contributed by atoms with Crippen LogP contribution in [-0.2, 0) is 0 Å². The molecule has 0 unspecified atom stereocenters. The van der Waals surface area contributed by atoms with Crippen molar-refractivity contribution in [1.82, 2.24) is 0 Å². The molecule has 0 aromatic heterocycles. The van der Waals surface area contributed by atoms with E-state index in [-0.39, 0.29) is 5.82 Å². The van der Waals surface area contributed by atoms with Gasteiger partial charge in [0, 0.05) is 0 Å².